The van der Waals surface area contributed by atoms with E-state index < -0.39 is 23.1 Å². The van der Waals surface area contributed by atoms with Gasteiger partial charge in [0, 0.05) is 36.5 Å². The Kier molecular flexibility index (Phi) is 6.61. The second kappa shape index (κ2) is 8.62. The normalized spacial score (nSPS) is 12.6. The predicted octanol–water partition coefficient (Wildman–Crippen LogP) is 5.48. The lowest BCUT2D eigenvalue weighted by molar-refractivity contribution is -0.137. The third-order valence-electron chi connectivity index (χ3n) is 4.47. The van der Waals surface area contributed by atoms with Crippen molar-refractivity contribution in [2.75, 3.05) is 19.0 Å². The molecule has 2 aromatic carbocycles. The van der Waals surface area contributed by atoms with E-state index in [9.17, 15) is 23.2 Å². The molecular weight excluding hydrogens is 391 g/mol. The van der Waals surface area contributed by atoms with Crippen LogP contribution in [0.5, 0.6) is 0 Å². The zero-order chi connectivity index (χ0) is 22.7. The van der Waals surface area contributed by atoms with Crippen molar-refractivity contribution in [3.63, 3.8) is 0 Å². The maximum Gasteiger partial charge on any atom is 0.416 e. The summed E-state index contributed by atoms with van der Waals surface area (Å²) in [7, 11) is 3.76. The van der Waals surface area contributed by atoms with Gasteiger partial charge in [0.2, 0.25) is 0 Å². The Morgan fingerprint density at radius 1 is 1.00 bits per heavy atom. The fraction of sp³-hybridized carbons (Fsp3) is 0.304. The fourth-order valence-corrected chi connectivity index (χ4v) is 2.84. The molecule has 0 atom stereocenters. The van der Waals surface area contributed by atoms with E-state index in [1.165, 1.54) is 12.1 Å². The number of nitriles is 1. The lowest BCUT2D eigenvalue weighted by atomic mass is 9.86. The average Bonchev–Trinajstić information content (AvgIpc) is 2.66. The molecule has 1 amide bonds. The van der Waals surface area contributed by atoms with Crippen molar-refractivity contribution in [2.45, 2.75) is 26.9 Å². The molecule has 0 fully saturated rings. The maximum absolute atomic E-state index is 13.1. The molecule has 2 rings (SSSR count). The molecule has 0 saturated heterocycles. The molecule has 30 heavy (non-hydrogen) atoms. The van der Waals surface area contributed by atoms with E-state index in [1.807, 2.05) is 25.1 Å². The van der Waals surface area contributed by atoms with Gasteiger partial charge in [0.15, 0.2) is 0 Å². The number of rotatable bonds is 4. The summed E-state index contributed by atoms with van der Waals surface area (Å²) in [6.07, 6.45) is -4.53. The fourth-order valence-electron chi connectivity index (χ4n) is 2.84. The van der Waals surface area contributed by atoms with Gasteiger partial charge < -0.3 is 10.2 Å². The van der Waals surface area contributed by atoms with Gasteiger partial charge in [0.1, 0.15) is 6.07 Å². The summed E-state index contributed by atoms with van der Waals surface area (Å²) in [4.78, 5) is 14.7. The largest absolute Gasteiger partial charge is 0.416 e. The Labute approximate surface area is 174 Å². The third-order valence-corrected chi connectivity index (χ3v) is 4.47. The molecule has 1 N–H and O–H groups in total. The van der Waals surface area contributed by atoms with Crippen molar-refractivity contribution in [1.29, 1.82) is 5.26 Å². The molecule has 0 radical (unpaired) electrons. The maximum atomic E-state index is 13.1. The lowest BCUT2D eigenvalue weighted by Gasteiger charge is -2.26. The van der Waals surface area contributed by atoms with Crippen LogP contribution in [0.3, 0.4) is 0 Å². The van der Waals surface area contributed by atoms with Gasteiger partial charge in [-0.2, -0.15) is 18.4 Å². The Morgan fingerprint density at radius 2 is 1.60 bits per heavy atom. The van der Waals surface area contributed by atoms with Crippen LogP contribution in [0, 0.1) is 16.7 Å². The molecule has 0 unspecified atom stereocenters. The summed E-state index contributed by atoms with van der Waals surface area (Å²) >= 11 is 0. The summed E-state index contributed by atoms with van der Waals surface area (Å²) in [6.45, 7) is 5.34. The Balaban J connectivity index is 2.51. The van der Waals surface area contributed by atoms with Crippen molar-refractivity contribution in [2.24, 2.45) is 5.41 Å². The van der Waals surface area contributed by atoms with Gasteiger partial charge in [0.25, 0.3) is 5.91 Å². The number of anilines is 1. The van der Waals surface area contributed by atoms with Crippen LogP contribution in [0.1, 0.15) is 42.3 Å². The number of nitrogens with one attached hydrogen (secondary N) is 1. The number of hydrogen-bond donors (Lipinski definition) is 1. The predicted molar refractivity (Wildman–Crippen MR) is 112 cm³/mol. The van der Waals surface area contributed by atoms with Gasteiger partial charge >= 0.3 is 6.18 Å². The van der Waals surface area contributed by atoms with Gasteiger partial charge in [-0.25, -0.2) is 0 Å². The third kappa shape index (κ3) is 5.41. The molecule has 0 aromatic heterocycles. The quantitative estimate of drug-likeness (QED) is 0.673. The number of nitrogens with zero attached hydrogens (tertiary/aromatic N) is 2. The first kappa shape index (κ1) is 23.0. The highest BCUT2D eigenvalue weighted by Gasteiger charge is 2.31. The first-order valence-electron chi connectivity index (χ1n) is 9.26. The van der Waals surface area contributed by atoms with E-state index in [1.54, 1.807) is 45.0 Å². The van der Waals surface area contributed by atoms with Gasteiger partial charge in [0.05, 0.1) is 11.1 Å². The molecule has 0 spiro atoms. The van der Waals surface area contributed by atoms with E-state index in [4.69, 9.17) is 0 Å². The van der Waals surface area contributed by atoms with Crippen LogP contribution < -0.4 is 10.2 Å². The molecular formula is C23H24F3N3O. The highest BCUT2D eigenvalue weighted by molar-refractivity contribution is 5.97. The second-order valence-corrected chi connectivity index (χ2v) is 8.09. The van der Waals surface area contributed by atoms with Crippen LogP contribution in [0.15, 0.2) is 54.2 Å². The number of halogens is 3. The smallest absolute Gasteiger partial charge is 0.378 e. The molecule has 7 heteroatoms. The minimum atomic E-state index is -4.53. The Morgan fingerprint density at radius 3 is 2.07 bits per heavy atom. The van der Waals surface area contributed by atoms with Gasteiger partial charge in [-0.05, 0) is 42.0 Å². The zero-order valence-electron chi connectivity index (χ0n) is 17.6. The van der Waals surface area contributed by atoms with Crippen LogP contribution in [0.4, 0.5) is 18.9 Å². The van der Waals surface area contributed by atoms with E-state index in [0.29, 0.717) is 5.56 Å². The molecule has 0 heterocycles. The molecule has 0 aliphatic rings. The highest BCUT2D eigenvalue weighted by Crippen LogP contribution is 2.34. The van der Waals surface area contributed by atoms with Crippen molar-refractivity contribution in [3.8, 4) is 6.07 Å². The molecule has 158 valence electrons. The number of carbonyl (C=O) groups is 1. The molecule has 0 saturated carbocycles. The standard InChI is InChI=1S/C23H24F3N3O/c1-22(2,3)20(28-21(30)15-9-11-18(12-10-15)29(4)5)19(14-27)16-7-6-8-17(13-16)23(24,25)26/h6-13H,1-5H3,(H,28,30)/b20-19-. The summed E-state index contributed by atoms with van der Waals surface area (Å²) in [5.41, 5.74) is 0.0897. The van der Waals surface area contributed by atoms with Crippen molar-refractivity contribution in [1.82, 2.24) is 5.32 Å². The van der Waals surface area contributed by atoms with Crippen molar-refractivity contribution < 1.29 is 18.0 Å². The molecule has 0 aliphatic carbocycles. The molecule has 0 bridgehead atoms. The van der Waals surface area contributed by atoms with Gasteiger partial charge in [-0.15, -0.1) is 0 Å². The lowest BCUT2D eigenvalue weighted by Crippen LogP contribution is -2.31. The topological polar surface area (TPSA) is 56.1 Å². The number of benzene rings is 2. The highest BCUT2D eigenvalue weighted by atomic mass is 19.4. The Hall–Kier alpha value is -3.27. The first-order chi connectivity index (χ1) is 13.8. The van der Waals surface area contributed by atoms with E-state index in [2.05, 4.69) is 5.32 Å². The number of carbonyl (C=O) groups excluding carboxylic acids is 1. The molecule has 0 aliphatic heterocycles. The second-order valence-electron chi connectivity index (χ2n) is 8.09. The Bertz CT molecular complexity index is 992. The minimum absolute atomic E-state index is 0.00754. The number of hydrogen-bond acceptors (Lipinski definition) is 3. The average molecular weight is 415 g/mol. The number of allylic oxidation sites excluding steroid dienone is 2. The minimum Gasteiger partial charge on any atom is -0.378 e. The molecule has 2 aromatic rings. The monoisotopic (exact) mass is 415 g/mol. The van der Waals surface area contributed by atoms with Crippen molar-refractivity contribution >= 4 is 17.2 Å². The van der Waals surface area contributed by atoms with Gasteiger partial charge in [-0.3, -0.25) is 4.79 Å². The van der Waals surface area contributed by atoms with Crippen LogP contribution in [0.2, 0.25) is 0 Å². The van der Waals surface area contributed by atoms with Crippen LogP contribution in [-0.4, -0.2) is 20.0 Å². The summed E-state index contributed by atoms with van der Waals surface area (Å²) in [5, 5.41) is 12.5. The van der Waals surface area contributed by atoms with Gasteiger partial charge in [-0.1, -0.05) is 32.9 Å². The summed E-state index contributed by atoms with van der Waals surface area (Å²) in [6, 6.07) is 13.4. The van der Waals surface area contributed by atoms with E-state index >= 15 is 0 Å². The number of amides is 1. The SMILES string of the molecule is CN(C)c1ccc(C(=O)N/C(=C(/C#N)c2cccc(C(F)(F)F)c2)C(C)(C)C)cc1. The van der Waals surface area contributed by atoms with E-state index in [0.717, 1.165) is 17.8 Å². The van der Waals surface area contributed by atoms with E-state index in [-0.39, 0.29) is 16.8 Å². The van der Waals surface area contributed by atoms with Crippen LogP contribution >= 0.6 is 0 Å². The van der Waals surface area contributed by atoms with Crippen LogP contribution in [-0.2, 0) is 6.18 Å². The molecule has 4 nitrogen and oxygen atoms in total. The van der Waals surface area contributed by atoms with Crippen LogP contribution in [0.25, 0.3) is 5.57 Å². The summed E-state index contributed by atoms with van der Waals surface area (Å²) in [5.74, 6) is -0.440. The first-order valence-corrected chi connectivity index (χ1v) is 9.26. The van der Waals surface area contributed by atoms with Crippen molar-refractivity contribution in [3.05, 3.63) is 70.9 Å². The zero-order valence-corrected chi connectivity index (χ0v) is 17.6. The number of alkyl halides is 3. The summed E-state index contributed by atoms with van der Waals surface area (Å²) < 4.78 is 39.4.